The fourth-order valence-electron chi connectivity index (χ4n) is 3.07. The molecule has 1 N–H and O–H groups in total. The molecule has 0 radical (unpaired) electrons. The SMILES string of the molecule is Cc1cncc(C(C)OC(=O)Cc2c(-c3ccc(NS(C)(=O)=O)c(C)n3)nnn2C)c1Cl. The Bertz CT molecular complexity index is 1280. The van der Waals surface area contributed by atoms with Crippen LogP contribution < -0.4 is 4.72 Å². The molecule has 0 aliphatic rings. The van der Waals surface area contributed by atoms with Crippen LogP contribution in [0, 0.1) is 13.8 Å². The Kier molecular flexibility index (Phi) is 6.79. The highest BCUT2D eigenvalue weighted by Gasteiger charge is 2.22. The highest BCUT2D eigenvalue weighted by Crippen LogP contribution is 2.28. The Balaban J connectivity index is 1.81. The van der Waals surface area contributed by atoms with Crippen LogP contribution in [0.2, 0.25) is 5.02 Å². The Hall–Kier alpha value is -3.05. The lowest BCUT2D eigenvalue weighted by atomic mass is 10.1. The van der Waals surface area contributed by atoms with Crippen molar-refractivity contribution in [1.82, 2.24) is 25.0 Å². The number of hydrogen-bond acceptors (Lipinski definition) is 8. The van der Waals surface area contributed by atoms with Gasteiger partial charge in [-0.1, -0.05) is 16.8 Å². The molecule has 1 unspecified atom stereocenters. The summed E-state index contributed by atoms with van der Waals surface area (Å²) in [5.74, 6) is -0.492. The summed E-state index contributed by atoms with van der Waals surface area (Å²) in [5.41, 5.74) is 3.60. The monoisotopic (exact) mass is 478 g/mol. The third kappa shape index (κ3) is 5.40. The van der Waals surface area contributed by atoms with Gasteiger partial charge in [-0.05, 0) is 38.5 Å². The minimum absolute atomic E-state index is 0.0931. The van der Waals surface area contributed by atoms with Crippen molar-refractivity contribution in [3.8, 4) is 11.4 Å². The molecule has 0 aromatic carbocycles. The molecule has 10 nitrogen and oxygen atoms in total. The summed E-state index contributed by atoms with van der Waals surface area (Å²) < 4.78 is 32.4. The number of esters is 1. The zero-order valence-electron chi connectivity index (χ0n) is 18.2. The highest BCUT2D eigenvalue weighted by atomic mass is 35.5. The fourth-order valence-corrected chi connectivity index (χ4v) is 3.93. The van der Waals surface area contributed by atoms with E-state index in [-0.39, 0.29) is 6.42 Å². The van der Waals surface area contributed by atoms with E-state index in [1.807, 2.05) is 6.92 Å². The first-order valence-corrected chi connectivity index (χ1v) is 11.9. The van der Waals surface area contributed by atoms with Gasteiger partial charge in [0.2, 0.25) is 10.0 Å². The van der Waals surface area contributed by atoms with E-state index >= 15 is 0 Å². The number of hydrogen-bond donors (Lipinski definition) is 1. The van der Waals surface area contributed by atoms with Crippen molar-refractivity contribution in [2.75, 3.05) is 11.0 Å². The first kappa shape index (κ1) is 23.6. The quantitative estimate of drug-likeness (QED) is 0.513. The number of carbonyl (C=O) groups excluding carboxylic acids is 1. The van der Waals surface area contributed by atoms with E-state index in [0.29, 0.717) is 39.0 Å². The maximum Gasteiger partial charge on any atom is 0.312 e. The molecule has 3 rings (SSSR count). The number of aromatic nitrogens is 5. The van der Waals surface area contributed by atoms with Crippen LogP contribution in [0.3, 0.4) is 0 Å². The minimum atomic E-state index is -3.43. The van der Waals surface area contributed by atoms with Crippen LogP contribution in [-0.2, 0) is 33.0 Å². The van der Waals surface area contributed by atoms with Crippen molar-refractivity contribution in [1.29, 1.82) is 0 Å². The number of pyridine rings is 2. The van der Waals surface area contributed by atoms with Crippen LogP contribution in [0.25, 0.3) is 11.4 Å². The van der Waals surface area contributed by atoms with Crippen molar-refractivity contribution >= 4 is 33.3 Å². The highest BCUT2D eigenvalue weighted by molar-refractivity contribution is 7.92. The lowest BCUT2D eigenvalue weighted by Gasteiger charge is -2.16. The van der Waals surface area contributed by atoms with Crippen molar-refractivity contribution in [3.05, 3.63) is 52.1 Å². The Morgan fingerprint density at radius 3 is 2.66 bits per heavy atom. The average molecular weight is 479 g/mol. The summed E-state index contributed by atoms with van der Waals surface area (Å²) in [6, 6.07) is 3.20. The van der Waals surface area contributed by atoms with Gasteiger partial charge in [0.05, 0.1) is 40.5 Å². The van der Waals surface area contributed by atoms with Gasteiger partial charge in [-0.25, -0.2) is 13.4 Å². The number of anilines is 1. The molecule has 32 heavy (non-hydrogen) atoms. The molecular formula is C20H23ClN6O4S. The first-order chi connectivity index (χ1) is 15.0. The number of nitrogens with one attached hydrogen (secondary N) is 1. The van der Waals surface area contributed by atoms with Gasteiger partial charge in [-0.15, -0.1) is 5.10 Å². The number of carbonyl (C=O) groups is 1. The molecule has 1 atom stereocenters. The third-order valence-electron chi connectivity index (χ3n) is 4.71. The molecule has 0 fully saturated rings. The van der Waals surface area contributed by atoms with Gasteiger partial charge in [0, 0.05) is 25.0 Å². The summed E-state index contributed by atoms with van der Waals surface area (Å²) in [6.07, 6.45) is 3.59. The molecule has 0 aliphatic heterocycles. The lowest BCUT2D eigenvalue weighted by Crippen LogP contribution is -2.15. The van der Waals surface area contributed by atoms with E-state index in [2.05, 4.69) is 25.0 Å². The van der Waals surface area contributed by atoms with Gasteiger partial charge in [0.25, 0.3) is 0 Å². The van der Waals surface area contributed by atoms with Crippen LogP contribution in [0.1, 0.15) is 35.5 Å². The van der Waals surface area contributed by atoms with Crippen molar-refractivity contribution in [3.63, 3.8) is 0 Å². The standard InChI is InChI=1S/C20H23ClN6O4S/c1-11-9-22-10-14(19(11)21)13(3)31-18(28)8-17-20(24-26-27(17)4)16-7-6-15(12(2)23-16)25-32(5,29)30/h6-7,9-10,13,25H,8H2,1-5H3. The van der Waals surface area contributed by atoms with E-state index in [9.17, 15) is 13.2 Å². The summed E-state index contributed by atoms with van der Waals surface area (Å²) >= 11 is 6.31. The Morgan fingerprint density at radius 2 is 2.00 bits per heavy atom. The molecule has 170 valence electrons. The minimum Gasteiger partial charge on any atom is -0.457 e. The van der Waals surface area contributed by atoms with E-state index in [1.54, 1.807) is 45.4 Å². The molecule has 0 saturated heterocycles. The second kappa shape index (κ2) is 9.21. The molecular weight excluding hydrogens is 456 g/mol. The predicted molar refractivity (Wildman–Crippen MR) is 120 cm³/mol. The Labute approximate surface area is 191 Å². The second-order valence-corrected chi connectivity index (χ2v) is 9.51. The van der Waals surface area contributed by atoms with E-state index < -0.39 is 22.1 Å². The summed E-state index contributed by atoms with van der Waals surface area (Å²) in [5, 5.41) is 8.62. The largest absolute Gasteiger partial charge is 0.457 e. The Morgan fingerprint density at radius 1 is 1.28 bits per heavy atom. The van der Waals surface area contributed by atoms with Crippen LogP contribution in [0.4, 0.5) is 5.69 Å². The predicted octanol–water partition coefficient (Wildman–Crippen LogP) is 2.76. The van der Waals surface area contributed by atoms with Crippen LogP contribution in [-0.4, -0.2) is 45.6 Å². The van der Waals surface area contributed by atoms with Gasteiger partial charge in [-0.3, -0.25) is 19.2 Å². The second-order valence-electron chi connectivity index (χ2n) is 7.38. The molecule has 3 aromatic heterocycles. The van der Waals surface area contributed by atoms with Gasteiger partial charge in [0.15, 0.2) is 0 Å². The van der Waals surface area contributed by atoms with Gasteiger partial charge in [0.1, 0.15) is 11.8 Å². The summed E-state index contributed by atoms with van der Waals surface area (Å²) in [6.45, 7) is 5.22. The smallest absolute Gasteiger partial charge is 0.312 e. The van der Waals surface area contributed by atoms with Crippen molar-refractivity contribution in [2.24, 2.45) is 7.05 Å². The van der Waals surface area contributed by atoms with Crippen molar-refractivity contribution in [2.45, 2.75) is 33.3 Å². The number of nitrogens with zero attached hydrogens (tertiary/aromatic N) is 5. The maximum absolute atomic E-state index is 12.7. The molecule has 3 aromatic rings. The van der Waals surface area contributed by atoms with E-state index in [0.717, 1.165) is 11.8 Å². The normalized spacial score (nSPS) is 12.4. The zero-order chi connectivity index (χ0) is 23.6. The van der Waals surface area contributed by atoms with E-state index in [4.69, 9.17) is 16.3 Å². The molecule has 0 saturated carbocycles. The molecule has 0 amide bonds. The molecule has 0 aliphatic carbocycles. The molecule has 3 heterocycles. The van der Waals surface area contributed by atoms with Gasteiger partial charge >= 0.3 is 5.97 Å². The molecule has 12 heteroatoms. The number of halogens is 1. The van der Waals surface area contributed by atoms with Crippen LogP contribution in [0.15, 0.2) is 24.5 Å². The van der Waals surface area contributed by atoms with Crippen LogP contribution >= 0.6 is 11.6 Å². The van der Waals surface area contributed by atoms with Crippen molar-refractivity contribution < 1.29 is 17.9 Å². The van der Waals surface area contributed by atoms with E-state index in [1.165, 1.54) is 4.68 Å². The van der Waals surface area contributed by atoms with Gasteiger partial charge in [-0.2, -0.15) is 0 Å². The maximum atomic E-state index is 12.7. The number of sulfonamides is 1. The van der Waals surface area contributed by atoms with Gasteiger partial charge < -0.3 is 4.74 Å². The summed E-state index contributed by atoms with van der Waals surface area (Å²) in [4.78, 5) is 21.2. The molecule has 0 bridgehead atoms. The summed E-state index contributed by atoms with van der Waals surface area (Å²) in [7, 11) is -1.77. The zero-order valence-corrected chi connectivity index (χ0v) is 19.8. The fraction of sp³-hybridized carbons (Fsp3) is 0.350. The average Bonchev–Trinajstić information content (AvgIpc) is 3.04. The number of ether oxygens (including phenoxy) is 1. The molecule has 0 spiro atoms. The lowest BCUT2D eigenvalue weighted by molar-refractivity contribution is -0.147. The third-order valence-corrected chi connectivity index (χ3v) is 5.81. The van der Waals surface area contributed by atoms with Crippen LogP contribution in [0.5, 0.6) is 0 Å². The topological polar surface area (TPSA) is 129 Å². The number of aryl methyl sites for hydroxylation is 3. The number of rotatable bonds is 7. The first-order valence-electron chi connectivity index (χ1n) is 9.60.